The molecule has 0 saturated heterocycles. The predicted octanol–water partition coefficient (Wildman–Crippen LogP) is 3.96. The minimum absolute atomic E-state index is 0.0264. The molecule has 0 aliphatic rings. The smallest absolute Gasteiger partial charge is 0.339 e. The number of anilines is 1. The fraction of sp³-hybridized carbons (Fsp3) is 0.200. The standard InChI is InChI=1S/C20H17F2NO4/c1-10-13-4-7-17(24)11(2)19(13)27-20(26)14(10)5-8-18(25)23-16-6-3-12(21)9-15(16)22/h3-4,6-7,9,24H,5,8H2,1-2H3,(H,23,25). The maximum Gasteiger partial charge on any atom is 0.339 e. The van der Waals surface area contributed by atoms with Gasteiger partial charge in [-0.2, -0.15) is 0 Å². The van der Waals surface area contributed by atoms with Crippen LogP contribution in [0.2, 0.25) is 0 Å². The molecule has 0 fully saturated rings. The van der Waals surface area contributed by atoms with Gasteiger partial charge in [-0.3, -0.25) is 4.79 Å². The fourth-order valence-corrected chi connectivity index (χ4v) is 2.91. The fourth-order valence-electron chi connectivity index (χ4n) is 2.91. The largest absolute Gasteiger partial charge is 0.508 e. The van der Waals surface area contributed by atoms with E-state index in [0.29, 0.717) is 33.7 Å². The number of phenols is 1. The van der Waals surface area contributed by atoms with Crippen LogP contribution in [0.3, 0.4) is 0 Å². The Balaban J connectivity index is 1.81. The van der Waals surface area contributed by atoms with Crippen molar-refractivity contribution in [1.82, 2.24) is 0 Å². The lowest BCUT2D eigenvalue weighted by molar-refractivity contribution is -0.116. The number of carbonyl (C=O) groups excluding carboxylic acids is 1. The molecule has 3 rings (SSSR count). The Bertz CT molecular complexity index is 1110. The van der Waals surface area contributed by atoms with Gasteiger partial charge in [0, 0.05) is 29.0 Å². The van der Waals surface area contributed by atoms with Gasteiger partial charge in [0.05, 0.1) is 5.69 Å². The van der Waals surface area contributed by atoms with Crippen molar-refractivity contribution in [3.8, 4) is 5.75 Å². The van der Waals surface area contributed by atoms with Crippen molar-refractivity contribution < 1.29 is 23.1 Å². The molecule has 0 aliphatic carbocycles. The summed E-state index contributed by atoms with van der Waals surface area (Å²) in [4.78, 5) is 24.4. The summed E-state index contributed by atoms with van der Waals surface area (Å²) in [5.74, 6) is -2.10. The van der Waals surface area contributed by atoms with Gasteiger partial charge < -0.3 is 14.8 Å². The average molecular weight is 373 g/mol. The van der Waals surface area contributed by atoms with Crippen molar-refractivity contribution in [3.05, 3.63) is 69.1 Å². The molecular formula is C20H17F2NO4. The molecule has 140 valence electrons. The maximum atomic E-state index is 13.6. The Hall–Kier alpha value is -3.22. The molecule has 1 amide bonds. The molecular weight excluding hydrogens is 356 g/mol. The highest BCUT2D eigenvalue weighted by molar-refractivity contribution is 5.91. The highest BCUT2D eigenvalue weighted by Crippen LogP contribution is 2.28. The number of hydrogen-bond donors (Lipinski definition) is 2. The first kappa shape index (κ1) is 18.6. The molecule has 0 aliphatic heterocycles. The number of phenolic OH excluding ortho intramolecular Hbond substituents is 1. The number of hydrogen-bond acceptors (Lipinski definition) is 4. The summed E-state index contributed by atoms with van der Waals surface area (Å²) in [7, 11) is 0. The summed E-state index contributed by atoms with van der Waals surface area (Å²) < 4.78 is 31.8. The zero-order chi connectivity index (χ0) is 19.7. The van der Waals surface area contributed by atoms with Gasteiger partial charge in [0.25, 0.3) is 0 Å². The van der Waals surface area contributed by atoms with Gasteiger partial charge in [-0.15, -0.1) is 0 Å². The number of halogens is 2. The van der Waals surface area contributed by atoms with Gasteiger partial charge in [-0.25, -0.2) is 13.6 Å². The highest BCUT2D eigenvalue weighted by atomic mass is 19.1. The van der Waals surface area contributed by atoms with Crippen LogP contribution < -0.4 is 10.9 Å². The molecule has 0 atom stereocenters. The number of aryl methyl sites for hydroxylation is 2. The van der Waals surface area contributed by atoms with E-state index in [9.17, 15) is 23.5 Å². The van der Waals surface area contributed by atoms with Crippen molar-refractivity contribution in [2.75, 3.05) is 5.32 Å². The Morgan fingerprint density at radius 3 is 2.59 bits per heavy atom. The lowest BCUT2D eigenvalue weighted by atomic mass is 10.0. The Morgan fingerprint density at radius 1 is 1.15 bits per heavy atom. The first-order valence-electron chi connectivity index (χ1n) is 8.27. The van der Waals surface area contributed by atoms with Crippen LogP contribution in [0.1, 0.15) is 23.1 Å². The second-order valence-corrected chi connectivity index (χ2v) is 6.25. The third-order valence-corrected chi connectivity index (χ3v) is 4.48. The first-order chi connectivity index (χ1) is 12.8. The molecule has 2 N–H and O–H groups in total. The van der Waals surface area contributed by atoms with Crippen LogP contribution >= 0.6 is 0 Å². The van der Waals surface area contributed by atoms with Gasteiger partial charge in [0.15, 0.2) is 0 Å². The van der Waals surface area contributed by atoms with E-state index in [-0.39, 0.29) is 24.3 Å². The number of carbonyl (C=O) groups is 1. The number of amides is 1. The van der Waals surface area contributed by atoms with Crippen LogP contribution in [0.15, 0.2) is 39.5 Å². The minimum atomic E-state index is -0.875. The van der Waals surface area contributed by atoms with E-state index >= 15 is 0 Å². The normalized spacial score (nSPS) is 11.0. The van der Waals surface area contributed by atoms with Crippen molar-refractivity contribution in [2.24, 2.45) is 0 Å². The summed E-state index contributed by atoms with van der Waals surface area (Å²) in [5, 5.41) is 12.8. The molecule has 3 aromatic rings. The monoisotopic (exact) mass is 373 g/mol. The van der Waals surface area contributed by atoms with Crippen LogP contribution in [0.4, 0.5) is 14.5 Å². The highest BCUT2D eigenvalue weighted by Gasteiger charge is 2.16. The van der Waals surface area contributed by atoms with Crippen LogP contribution in [-0.2, 0) is 11.2 Å². The third kappa shape index (κ3) is 3.67. The van der Waals surface area contributed by atoms with Crippen LogP contribution in [0, 0.1) is 25.5 Å². The van der Waals surface area contributed by atoms with E-state index in [2.05, 4.69) is 5.32 Å². The van der Waals surface area contributed by atoms with Crippen LogP contribution in [0.5, 0.6) is 5.75 Å². The van der Waals surface area contributed by atoms with E-state index in [4.69, 9.17) is 4.42 Å². The van der Waals surface area contributed by atoms with Gasteiger partial charge in [0.1, 0.15) is 23.0 Å². The van der Waals surface area contributed by atoms with E-state index in [1.165, 1.54) is 6.07 Å². The van der Waals surface area contributed by atoms with Crippen molar-refractivity contribution in [1.29, 1.82) is 0 Å². The van der Waals surface area contributed by atoms with Gasteiger partial charge in [-0.05, 0) is 50.1 Å². The average Bonchev–Trinajstić information content (AvgIpc) is 2.61. The molecule has 5 nitrogen and oxygen atoms in total. The molecule has 1 aromatic heterocycles. The molecule has 27 heavy (non-hydrogen) atoms. The summed E-state index contributed by atoms with van der Waals surface area (Å²) >= 11 is 0. The zero-order valence-corrected chi connectivity index (χ0v) is 14.7. The summed E-state index contributed by atoms with van der Waals surface area (Å²) in [6.45, 7) is 3.38. The SMILES string of the molecule is Cc1c(CCC(=O)Nc2ccc(F)cc2F)c(=O)oc2c(C)c(O)ccc12. The molecule has 0 bridgehead atoms. The lowest BCUT2D eigenvalue weighted by Gasteiger charge is -2.10. The second kappa shape index (κ2) is 7.19. The summed E-state index contributed by atoms with van der Waals surface area (Å²) in [6.07, 6.45) is 0.0175. The minimum Gasteiger partial charge on any atom is -0.508 e. The Morgan fingerprint density at radius 2 is 1.89 bits per heavy atom. The molecule has 0 unspecified atom stereocenters. The van der Waals surface area contributed by atoms with Crippen molar-refractivity contribution in [3.63, 3.8) is 0 Å². The number of benzene rings is 2. The quantitative estimate of drug-likeness (QED) is 0.679. The Labute approximate surface area is 153 Å². The van der Waals surface area contributed by atoms with Gasteiger partial charge in [-0.1, -0.05) is 0 Å². The first-order valence-corrected chi connectivity index (χ1v) is 8.27. The summed E-state index contributed by atoms with van der Waals surface area (Å²) in [6, 6.07) is 6.01. The second-order valence-electron chi connectivity index (χ2n) is 6.25. The van der Waals surface area contributed by atoms with Crippen molar-refractivity contribution in [2.45, 2.75) is 26.7 Å². The molecule has 0 spiro atoms. The summed E-state index contributed by atoms with van der Waals surface area (Å²) in [5.41, 5.74) is 1.04. The molecule has 0 saturated carbocycles. The number of rotatable bonds is 4. The van der Waals surface area contributed by atoms with E-state index in [1.54, 1.807) is 19.9 Å². The Kier molecular flexibility index (Phi) is 4.94. The zero-order valence-electron chi connectivity index (χ0n) is 14.7. The number of nitrogens with one attached hydrogen (secondary N) is 1. The van der Waals surface area contributed by atoms with E-state index in [0.717, 1.165) is 12.1 Å². The molecule has 0 radical (unpaired) electrons. The number of fused-ring (bicyclic) bond motifs is 1. The third-order valence-electron chi connectivity index (χ3n) is 4.48. The van der Waals surface area contributed by atoms with Gasteiger partial charge in [0.2, 0.25) is 5.91 Å². The molecule has 1 heterocycles. The topological polar surface area (TPSA) is 79.5 Å². The van der Waals surface area contributed by atoms with Crippen molar-refractivity contribution >= 4 is 22.6 Å². The number of aromatic hydroxyl groups is 1. The maximum absolute atomic E-state index is 13.6. The van der Waals surface area contributed by atoms with E-state index in [1.807, 2.05) is 0 Å². The van der Waals surface area contributed by atoms with Crippen LogP contribution in [0.25, 0.3) is 11.0 Å². The molecule has 7 heteroatoms. The van der Waals surface area contributed by atoms with Gasteiger partial charge >= 0.3 is 5.63 Å². The lowest BCUT2D eigenvalue weighted by Crippen LogP contribution is -2.17. The molecule has 2 aromatic carbocycles. The van der Waals surface area contributed by atoms with Crippen LogP contribution in [-0.4, -0.2) is 11.0 Å². The predicted molar refractivity (Wildman–Crippen MR) is 96.9 cm³/mol. The van der Waals surface area contributed by atoms with E-state index < -0.39 is 23.2 Å².